The summed E-state index contributed by atoms with van der Waals surface area (Å²) in [5.74, 6) is 0.822. The minimum Gasteiger partial charge on any atom is -0.394 e. The van der Waals surface area contributed by atoms with E-state index in [9.17, 15) is 0 Å². The van der Waals surface area contributed by atoms with Gasteiger partial charge in [-0.3, -0.25) is 0 Å². The summed E-state index contributed by atoms with van der Waals surface area (Å²) < 4.78 is 5.88. The fourth-order valence-electron chi connectivity index (χ4n) is 2.71. The van der Waals surface area contributed by atoms with Gasteiger partial charge in [0.25, 0.3) is 0 Å². The molecule has 2 aliphatic rings. The molecule has 2 nitrogen and oxygen atoms in total. The summed E-state index contributed by atoms with van der Waals surface area (Å²) in [7, 11) is 0. The monoisotopic (exact) mass is 170 g/mol. The van der Waals surface area contributed by atoms with Gasteiger partial charge in [0.1, 0.15) is 0 Å². The van der Waals surface area contributed by atoms with Crippen LogP contribution in [-0.2, 0) is 4.74 Å². The minimum absolute atomic E-state index is 0.135. The average molecular weight is 170 g/mol. The standard InChI is InChI=1S/C10H18O2/c1-8-2-4-10(6-8)5-3-9(7-11)12-10/h8-9,11H,2-7H2,1H3. The van der Waals surface area contributed by atoms with Crippen LogP contribution in [0.25, 0.3) is 0 Å². The van der Waals surface area contributed by atoms with E-state index in [4.69, 9.17) is 9.84 Å². The van der Waals surface area contributed by atoms with E-state index in [1.807, 2.05) is 0 Å². The van der Waals surface area contributed by atoms with Crippen LogP contribution in [0.1, 0.15) is 39.0 Å². The summed E-state index contributed by atoms with van der Waals surface area (Å²) in [6, 6.07) is 0. The molecule has 1 aliphatic heterocycles. The van der Waals surface area contributed by atoms with Crippen LogP contribution in [0.5, 0.6) is 0 Å². The molecule has 3 unspecified atom stereocenters. The van der Waals surface area contributed by atoms with E-state index in [1.165, 1.54) is 25.7 Å². The van der Waals surface area contributed by atoms with E-state index in [2.05, 4.69) is 6.92 Å². The number of hydrogen-bond donors (Lipinski definition) is 1. The molecular formula is C10H18O2. The fraction of sp³-hybridized carbons (Fsp3) is 1.00. The first-order chi connectivity index (χ1) is 5.74. The van der Waals surface area contributed by atoms with Crippen molar-refractivity contribution in [3.63, 3.8) is 0 Å². The van der Waals surface area contributed by atoms with E-state index in [-0.39, 0.29) is 18.3 Å². The van der Waals surface area contributed by atoms with E-state index in [1.54, 1.807) is 0 Å². The molecule has 1 aliphatic carbocycles. The smallest absolute Gasteiger partial charge is 0.0814 e. The van der Waals surface area contributed by atoms with Crippen molar-refractivity contribution in [1.82, 2.24) is 0 Å². The Morgan fingerprint density at radius 1 is 1.42 bits per heavy atom. The van der Waals surface area contributed by atoms with Crippen LogP contribution in [0.15, 0.2) is 0 Å². The molecule has 1 spiro atoms. The topological polar surface area (TPSA) is 29.5 Å². The van der Waals surface area contributed by atoms with Crippen LogP contribution >= 0.6 is 0 Å². The quantitative estimate of drug-likeness (QED) is 0.649. The molecular weight excluding hydrogens is 152 g/mol. The van der Waals surface area contributed by atoms with Crippen LogP contribution in [0, 0.1) is 5.92 Å². The predicted molar refractivity (Wildman–Crippen MR) is 46.9 cm³/mol. The molecule has 1 heterocycles. The maximum absolute atomic E-state index is 8.95. The summed E-state index contributed by atoms with van der Waals surface area (Å²) in [4.78, 5) is 0. The Labute approximate surface area is 73.9 Å². The van der Waals surface area contributed by atoms with Crippen LogP contribution in [0.4, 0.5) is 0 Å². The van der Waals surface area contributed by atoms with Gasteiger partial charge in [-0.2, -0.15) is 0 Å². The molecule has 0 bridgehead atoms. The molecule has 0 aromatic carbocycles. The molecule has 1 saturated heterocycles. The second kappa shape index (κ2) is 3.00. The highest BCUT2D eigenvalue weighted by Gasteiger charge is 2.44. The van der Waals surface area contributed by atoms with E-state index >= 15 is 0 Å². The molecule has 0 radical (unpaired) electrons. The second-order valence-corrected chi connectivity index (χ2v) is 4.49. The molecule has 1 saturated carbocycles. The first-order valence-electron chi connectivity index (χ1n) is 5.03. The fourth-order valence-corrected chi connectivity index (χ4v) is 2.71. The Hall–Kier alpha value is -0.0800. The zero-order chi connectivity index (χ0) is 8.60. The lowest BCUT2D eigenvalue weighted by atomic mass is 9.97. The zero-order valence-corrected chi connectivity index (χ0v) is 7.75. The molecule has 12 heavy (non-hydrogen) atoms. The number of ether oxygens (including phenoxy) is 1. The Bertz CT molecular complexity index is 169. The van der Waals surface area contributed by atoms with Crippen LogP contribution in [0.3, 0.4) is 0 Å². The Kier molecular flexibility index (Phi) is 2.13. The number of aliphatic hydroxyl groups is 1. The molecule has 0 aromatic heterocycles. The Morgan fingerprint density at radius 2 is 2.17 bits per heavy atom. The predicted octanol–water partition coefficient (Wildman–Crippen LogP) is 1.72. The Balaban J connectivity index is 1.97. The Morgan fingerprint density at radius 3 is 2.67 bits per heavy atom. The summed E-state index contributed by atoms with van der Waals surface area (Å²) in [5, 5.41) is 8.95. The summed E-state index contributed by atoms with van der Waals surface area (Å²) in [6.45, 7) is 2.50. The van der Waals surface area contributed by atoms with Crippen molar-refractivity contribution in [2.45, 2.75) is 50.7 Å². The third-order valence-corrected chi connectivity index (χ3v) is 3.36. The summed E-state index contributed by atoms with van der Waals surface area (Å²) >= 11 is 0. The normalized spacial score (nSPS) is 47.5. The number of aliphatic hydroxyl groups excluding tert-OH is 1. The molecule has 3 atom stereocenters. The van der Waals surface area contributed by atoms with Gasteiger partial charge in [-0.25, -0.2) is 0 Å². The lowest BCUT2D eigenvalue weighted by Crippen LogP contribution is -2.26. The summed E-state index contributed by atoms with van der Waals surface area (Å²) in [6.07, 6.45) is 6.09. The minimum atomic E-state index is 0.135. The molecule has 2 rings (SSSR count). The van der Waals surface area contributed by atoms with E-state index in [0.717, 1.165) is 12.3 Å². The zero-order valence-electron chi connectivity index (χ0n) is 7.75. The highest BCUT2D eigenvalue weighted by molar-refractivity contribution is 4.94. The van der Waals surface area contributed by atoms with Crippen LogP contribution < -0.4 is 0 Å². The van der Waals surface area contributed by atoms with Gasteiger partial charge >= 0.3 is 0 Å². The molecule has 1 N–H and O–H groups in total. The van der Waals surface area contributed by atoms with E-state index < -0.39 is 0 Å². The third kappa shape index (κ3) is 1.38. The van der Waals surface area contributed by atoms with Crippen molar-refractivity contribution in [2.75, 3.05) is 6.61 Å². The molecule has 2 heteroatoms. The first-order valence-corrected chi connectivity index (χ1v) is 5.03. The van der Waals surface area contributed by atoms with Gasteiger partial charge in [-0.05, 0) is 38.0 Å². The SMILES string of the molecule is CC1CCC2(CCC(CO)O2)C1. The van der Waals surface area contributed by atoms with Gasteiger partial charge in [-0.1, -0.05) is 6.92 Å². The van der Waals surface area contributed by atoms with E-state index in [0.29, 0.717) is 0 Å². The highest BCUT2D eigenvalue weighted by atomic mass is 16.5. The van der Waals surface area contributed by atoms with Gasteiger partial charge in [0.05, 0.1) is 18.3 Å². The molecule has 70 valence electrons. The molecule has 2 fully saturated rings. The second-order valence-electron chi connectivity index (χ2n) is 4.49. The summed E-state index contributed by atoms with van der Waals surface area (Å²) in [5.41, 5.74) is 0.173. The van der Waals surface area contributed by atoms with Crippen molar-refractivity contribution < 1.29 is 9.84 Å². The highest BCUT2D eigenvalue weighted by Crippen LogP contribution is 2.45. The maximum atomic E-state index is 8.95. The van der Waals surface area contributed by atoms with Crippen LogP contribution in [-0.4, -0.2) is 23.4 Å². The van der Waals surface area contributed by atoms with Crippen molar-refractivity contribution >= 4 is 0 Å². The largest absolute Gasteiger partial charge is 0.394 e. The maximum Gasteiger partial charge on any atom is 0.0814 e. The van der Waals surface area contributed by atoms with Gasteiger partial charge in [0, 0.05) is 0 Å². The molecule has 0 aromatic rings. The van der Waals surface area contributed by atoms with Gasteiger partial charge < -0.3 is 9.84 Å². The lowest BCUT2D eigenvalue weighted by Gasteiger charge is -2.23. The van der Waals surface area contributed by atoms with Gasteiger partial charge in [0.2, 0.25) is 0 Å². The van der Waals surface area contributed by atoms with Crippen LogP contribution in [0.2, 0.25) is 0 Å². The third-order valence-electron chi connectivity index (χ3n) is 3.36. The van der Waals surface area contributed by atoms with Crippen molar-refractivity contribution in [1.29, 1.82) is 0 Å². The lowest BCUT2D eigenvalue weighted by molar-refractivity contribution is -0.0564. The van der Waals surface area contributed by atoms with Gasteiger partial charge in [0.15, 0.2) is 0 Å². The van der Waals surface area contributed by atoms with Crippen molar-refractivity contribution in [2.24, 2.45) is 5.92 Å². The van der Waals surface area contributed by atoms with Crippen molar-refractivity contribution in [3.8, 4) is 0 Å². The first kappa shape index (κ1) is 8.52. The number of hydrogen-bond acceptors (Lipinski definition) is 2. The van der Waals surface area contributed by atoms with Gasteiger partial charge in [-0.15, -0.1) is 0 Å². The number of rotatable bonds is 1. The van der Waals surface area contributed by atoms with Crippen molar-refractivity contribution in [3.05, 3.63) is 0 Å². The average Bonchev–Trinajstić information content (AvgIpc) is 2.61. The molecule has 0 amide bonds.